The molecule has 0 amide bonds. The zero-order valence-corrected chi connectivity index (χ0v) is 7.04. The number of hydrogen-bond donors (Lipinski definition) is 0. The molecule has 0 saturated carbocycles. The Labute approximate surface area is 67.2 Å². The number of carbonyl (C=O) groups is 1. The van der Waals surface area contributed by atoms with Gasteiger partial charge in [-0.3, -0.25) is 0 Å². The molecule has 0 N–H and O–H groups in total. The molecule has 0 spiro atoms. The fraction of sp³-hybridized carbons (Fsp3) is 0.444. The van der Waals surface area contributed by atoms with Crippen molar-refractivity contribution in [2.24, 2.45) is 0 Å². The molecule has 0 radical (unpaired) electrons. The van der Waals surface area contributed by atoms with E-state index in [0.29, 0.717) is 6.42 Å². The Balaban J connectivity index is 0.000000461. The molecule has 0 unspecified atom stereocenters. The van der Waals surface area contributed by atoms with Gasteiger partial charge < -0.3 is 9.21 Å². The summed E-state index contributed by atoms with van der Waals surface area (Å²) in [6.45, 7) is 4.00. The minimum absolute atomic E-state index is 0.583. The Bertz CT molecular complexity index is 166. The van der Waals surface area contributed by atoms with E-state index in [0.717, 1.165) is 18.3 Å². The van der Waals surface area contributed by atoms with E-state index in [1.54, 1.807) is 12.5 Å². The predicted molar refractivity (Wildman–Crippen MR) is 44.4 cm³/mol. The van der Waals surface area contributed by atoms with Crippen LogP contribution in [-0.2, 0) is 11.2 Å². The first-order chi connectivity index (χ1) is 5.43. The average Bonchev–Trinajstić information content (AvgIpc) is 2.57. The Morgan fingerprint density at radius 2 is 2.27 bits per heavy atom. The number of aryl methyl sites for hydroxylation is 1. The smallest absolute Gasteiger partial charge is 0.120 e. The van der Waals surface area contributed by atoms with Gasteiger partial charge in [0.25, 0.3) is 0 Å². The van der Waals surface area contributed by atoms with Crippen LogP contribution in [0.25, 0.3) is 0 Å². The lowest BCUT2D eigenvalue weighted by Gasteiger charge is -1.84. The molecule has 0 saturated heterocycles. The molecule has 0 atom stereocenters. The first kappa shape index (κ1) is 9.95. The van der Waals surface area contributed by atoms with Crippen LogP contribution < -0.4 is 0 Å². The summed E-state index contributed by atoms with van der Waals surface area (Å²) in [5.41, 5.74) is 1.09. The van der Waals surface area contributed by atoms with E-state index in [-0.39, 0.29) is 0 Å². The Hall–Kier alpha value is -1.05. The maximum atomic E-state index is 9.87. The predicted octanol–water partition coefficient (Wildman–Crippen LogP) is 2.44. The van der Waals surface area contributed by atoms with Crippen molar-refractivity contribution in [2.75, 3.05) is 0 Å². The summed E-state index contributed by atoms with van der Waals surface area (Å²) in [7, 11) is 0. The van der Waals surface area contributed by atoms with Gasteiger partial charge in [-0.05, 0) is 18.1 Å². The van der Waals surface area contributed by atoms with Crippen LogP contribution in [0.3, 0.4) is 0 Å². The molecule has 11 heavy (non-hydrogen) atoms. The third kappa shape index (κ3) is 4.37. The van der Waals surface area contributed by atoms with Gasteiger partial charge in [0, 0.05) is 6.42 Å². The summed E-state index contributed by atoms with van der Waals surface area (Å²) in [5, 5.41) is 0. The van der Waals surface area contributed by atoms with Crippen molar-refractivity contribution >= 4 is 6.29 Å². The van der Waals surface area contributed by atoms with E-state index < -0.39 is 0 Å². The Morgan fingerprint density at radius 3 is 2.73 bits per heavy atom. The summed E-state index contributed by atoms with van der Waals surface area (Å²) in [4.78, 5) is 9.87. The molecule has 0 aliphatic heterocycles. The van der Waals surface area contributed by atoms with Gasteiger partial charge in [-0.2, -0.15) is 0 Å². The van der Waals surface area contributed by atoms with E-state index in [9.17, 15) is 4.79 Å². The summed E-state index contributed by atoms with van der Waals surface area (Å²) < 4.78 is 4.80. The first-order valence-corrected chi connectivity index (χ1v) is 3.88. The lowest BCUT2D eigenvalue weighted by Crippen LogP contribution is -1.80. The molecule has 2 heteroatoms. The summed E-state index contributed by atoms with van der Waals surface area (Å²) in [5.74, 6) is 0. The van der Waals surface area contributed by atoms with Crippen molar-refractivity contribution in [2.45, 2.75) is 26.7 Å². The maximum Gasteiger partial charge on any atom is 0.120 e. The summed E-state index contributed by atoms with van der Waals surface area (Å²) >= 11 is 0. The average molecular weight is 154 g/mol. The quantitative estimate of drug-likeness (QED) is 0.626. The van der Waals surface area contributed by atoms with Crippen LogP contribution in [0.2, 0.25) is 0 Å². The molecule has 1 aromatic rings. The maximum absolute atomic E-state index is 9.87. The van der Waals surface area contributed by atoms with Crippen molar-refractivity contribution in [3.63, 3.8) is 0 Å². The molecular weight excluding hydrogens is 140 g/mol. The molecule has 62 valence electrons. The minimum atomic E-state index is 0.583. The van der Waals surface area contributed by atoms with Gasteiger partial charge in [0.2, 0.25) is 0 Å². The van der Waals surface area contributed by atoms with Crippen LogP contribution in [0.15, 0.2) is 23.0 Å². The molecule has 2 nitrogen and oxygen atoms in total. The fourth-order valence-electron chi connectivity index (χ4n) is 0.660. The normalized spacial score (nSPS) is 8.18. The van der Waals surface area contributed by atoms with Gasteiger partial charge in [-0.15, -0.1) is 0 Å². The van der Waals surface area contributed by atoms with E-state index in [1.165, 1.54) is 0 Å². The highest BCUT2D eigenvalue weighted by atomic mass is 16.3. The number of rotatable bonds is 3. The van der Waals surface area contributed by atoms with Gasteiger partial charge in [-0.25, -0.2) is 0 Å². The number of aldehydes is 1. The van der Waals surface area contributed by atoms with Crippen LogP contribution in [0.4, 0.5) is 0 Å². The van der Waals surface area contributed by atoms with Gasteiger partial charge in [-0.1, -0.05) is 13.8 Å². The number of hydrogen-bond acceptors (Lipinski definition) is 2. The van der Waals surface area contributed by atoms with Crippen LogP contribution in [0.1, 0.15) is 25.8 Å². The van der Waals surface area contributed by atoms with E-state index in [4.69, 9.17) is 4.42 Å². The fourth-order valence-corrected chi connectivity index (χ4v) is 0.660. The van der Waals surface area contributed by atoms with Crippen molar-refractivity contribution in [1.82, 2.24) is 0 Å². The van der Waals surface area contributed by atoms with E-state index >= 15 is 0 Å². The summed E-state index contributed by atoms with van der Waals surface area (Å²) in [6, 6.07) is 1.86. The summed E-state index contributed by atoms with van der Waals surface area (Å²) in [6.07, 6.45) is 5.55. The van der Waals surface area contributed by atoms with Crippen molar-refractivity contribution in [1.29, 1.82) is 0 Å². The highest BCUT2D eigenvalue weighted by Crippen LogP contribution is 2.01. The van der Waals surface area contributed by atoms with Gasteiger partial charge in [0.05, 0.1) is 12.5 Å². The number of furan rings is 1. The largest absolute Gasteiger partial charge is 0.472 e. The standard InChI is InChI=1S/C7H8O2.C2H6/c8-4-1-2-7-3-5-9-6-7;1-2/h3-6H,1-2H2;1-2H3. The van der Waals surface area contributed by atoms with Gasteiger partial charge in [0.15, 0.2) is 0 Å². The highest BCUT2D eigenvalue weighted by molar-refractivity contribution is 5.49. The molecule has 0 aromatic carbocycles. The van der Waals surface area contributed by atoms with Gasteiger partial charge >= 0.3 is 0 Å². The third-order valence-electron chi connectivity index (χ3n) is 1.13. The second kappa shape index (κ2) is 7.06. The lowest BCUT2D eigenvalue weighted by atomic mass is 10.2. The van der Waals surface area contributed by atoms with Crippen LogP contribution in [-0.4, -0.2) is 6.29 Å². The van der Waals surface area contributed by atoms with Crippen LogP contribution in [0.5, 0.6) is 0 Å². The molecule has 1 rings (SSSR count). The second-order valence-electron chi connectivity index (χ2n) is 1.84. The molecule has 0 bridgehead atoms. The van der Waals surface area contributed by atoms with E-state index in [2.05, 4.69) is 0 Å². The zero-order chi connectivity index (χ0) is 8.53. The Kier molecular flexibility index (Phi) is 6.39. The topological polar surface area (TPSA) is 30.2 Å². The highest BCUT2D eigenvalue weighted by Gasteiger charge is 1.90. The van der Waals surface area contributed by atoms with Crippen molar-refractivity contribution < 1.29 is 9.21 Å². The zero-order valence-electron chi connectivity index (χ0n) is 7.04. The Morgan fingerprint density at radius 1 is 1.55 bits per heavy atom. The van der Waals surface area contributed by atoms with Crippen LogP contribution >= 0.6 is 0 Å². The molecule has 0 fully saturated rings. The second-order valence-corrected chi connectivity index (χ2v) is 1.84. The first-order valence-electron chi connectivity index (χ1n) is 3.88. The SMILES string of the molecule is CC.O=CCCc1ccoc1. The molecule has 0 aliphatic rings. The number of carbonyl (C=O) groups excluding carboxylic acids is 1. The molecule has 1 aromatic heterocycles. The van der Waals surface area contributed by atoms with Crippen molar-refractivity contribution in [3.05, 3.63) is 24.2 Å². The van der Waals surface area contributed by atoms with Gasteiger partial charge in [0.1, 0.15) is 6.29 Å². The van der Waals surface area contributed by atoms with E-state index in [1.807, 2.05) is 19.9 Å². The minimum Gasteiger partial charge on any atom is -0.472 e. The van der Waals surface area contributed by atoms with Crippen LogP contribution in [0, 0.1) is 0 Å². The third-order valence-corrected chi connectivity index (χ3v) is 1.13. The molecule has 1 heterocycles. The lowest BCUT2D eigenvalue weighted by molar-refractivity contribution is -0.107. The molecule has 0 aliphatic carbocycles. The van der Waals surface area contributed by atoms with Crippen molar-refractivity contribution in [3.8, 4) is 0 Å². The molecular formula is C9H14O2. The monoisotopic (exact) mass is 154 g/mol.